The van der Waals surface area contributed by atoms with Crippen LogP contribution in [0, 0.1) is 11.3 Å². The molecule has 0 spiro atoms. The Morgan fingerprint density at radius 1 is 1.11 bits per heavy atom. The van der Waals surface area contributed by atoms with Crippen LogP contribution < -0.4 is 0 Å². The Labute approximate surface area is 162 Å². The lowest BCUT2D eigenvalue weighted by Gasteiger charge is -2.32. The zero-order valence-electron chi connectivity index (χ0n) is 16.7. The molecule has 148 valence electrons. The summed E-state index contributed by atoms with van der Waals surface area (Å²) in [5.41, 5.74) is 1.17. The van der Waals surface area contributed by atoms with Crippen LogP contribution >= 0.6 is 0 Å². The van der Waals surface area contributed by atoms with Crippen molar-refractivity contribution in [3.8, 4) is 0 Å². The molecule has 0 saturated carbocycles. The van der Waals surface area contributed by atoms with E-state index in [9.17, 15) is 9.59 Å². The van der Waals surface area contributed by atoms with Gasteiger partial charge in [-0.25, -0.2) is 0 Å². The van der Waals surface area contributed by atoms with E-state index in [1.54, 1.807) is 7.11 Å². The number of carbonyl (C=O) groups is 2. The van der Waals surface area contributed by atoms with Crippen molar-refractivity contribution in [3.63, 3.8) is 0 Å². The highest BCUT2D eigenvalue weighted by atomic mass is 16.5. The average molecular weight is 373 g/mol. The Morgan fingerprint density at radius 2 is 1.74 bits per heavy atom. The van der Waals surface area contributed by atoms with Crippen LogP contribution in [0.3, 0.4) is 0 Å². The number of amides is 2. The molecule has 27 heavy (non-hydrogen) atoms. The van der Waals surface area contributed by atoms with Crippen LogP contribution in [-0.2, 0) is 20.7 Å². The van der Waals surface area contributed by atoms with Crippen molar-refractivity contribution in [1.29, 1.82) is 0 Å². The van der Waals surface area contributed by atoms with E-state index in [4.69, 9.17) is 4.74 Å². The van der Waals surface area contributed by atoms with Crippen LogP contribution in [0.4, 0.5) is 0 Å². The molecule has 0 N–H and O–H groups in total. The molecular weight excluding hydrogens is 342 g/mol. The summed E-state index contributed by atoms with van der Waals surface area (Å²) >= 11 is 0. The third-order valence-corrected chi connectivity index (χ3v) is 5.83. The SMILES string of the molecule is COCC(=O)N1C[C@@H]2CN(C(=O)CCc3ccccc3)C[C@]2(CN(C)C)C1. The first-order chi connectivity index (χ1) is 12.9. The van der Waals surface area contributed by atoms with Gasteiger partial charge in [0, 0.05) is 57.6 Å². The van der Waals surface area contributed by atoms with Gasteiger partial charge in [0.15, 0.2) is 0 Å². The third kappa shape index (κ3) is 4.50. The lowest BCUT2D eigenvalue weighted by Crippen LogP contribution is -2.44. The van der Waals surface area contributed by atoms with E-state index in [0.717, 1.165) is 32.6 Å². The molecule has 1 aromatic rings. The van der Waals surface area contributed by atoms with Crippen LogP contribution in [0.1, 0.15) is 12.0 Å². The largest absolute Gasteiger partial charge is 0.375 e. The van der Waals surface area contributed by atoms with Gasteiger partial charge in [-0.1, -0.05) is 30.3 Å². The van der Waals surface area contributed by atoms with Crippen molar-refractivity contribution in [2.75, 3.05) is 60.5 Å². The van der Waals surface area contributed by atoms with Crippen molar-refractivity contribution in [2.24, 2.45) is 11.3 Å². The van der Waals surface area contributed by atoms with Crippen molar-refractivity contribution in [2.45, 2.75) is 12.8 Å². The molecule has 2 fully saturated rings. The number of nitrogens with zero attached hydrogens (tertiary/aromatic N) is 3. The number of fused-ring (bicyclic) bond motifs is 1. The van der Waals surface area contributed by atoms with E-state index >= 15 is 0 Å². The quantitative estimate of drug-likeness (QED) is 0.719. The second kappa shape index (κ2) is 8.40. The fourth-order valence-corrected chi connectivity index (χ4v) is 4.68. The molecule has 2 aliphatic heterocycles. The minimum absolute atomic E-state index is 0.0324. The standard InChI is InChI=1S/C21H31N3O3/c1-22(2)14-21-15-23(19(25)10-9-17-7-5-4-6-8-17)11-18(21)12-24(16-21)20(26)13-27-3/h4-8,18H,9-16H2,1-3H3/t18-,21+/m0/s1. The van der Waals surface area contributed by atoms with E-state index in [1.807, 2.05) is 28.0 Å². The molecule has 2 aliphatic rings. The number of hydrogen-bond donors (Lipinski definition) is 0. The molecule has 6 heteroatoms. The highest BCUT2D eigenvalue weighted by Gasteiger charge is 2.54. The molecule has 1 aromatic carbocycles. The fourth-order valence-electron chi connectivity index (χ4n) is 4.68. The number of methoxy groups -OCH3 is 1. The fraction of sp³-hybridized carbons (Fsp3) is 0.619. The van der Waals surface area contributed by atoms with Crippen molar-refractivity contribution >= 4 is 11.8 Å². The molecule has 6 nitrogen and oxygen atoms in total. The summed E-state index contributed by atoms with van der Waals surface area (Å²) in [5.74, 6) is 0.606. The molecule has 0 bridgehead atoms. The van der Waals surface area contributed by atoms with Crippen LogP contribution in [0.25, 0.3) is 0 Å². The van der Waals surface area contributed by atoms with E-state index in [-0.39, 0.29) is 23.8 Å². The molecule has 3 rings (SSSR count). The lowest BCUT2D eigenvalue weighted by atomic mass is 9.80. The van der Waals surface area contributed by atoms with Gasteiger partial charge in [0.2, 0.25) is 11.8 Å². The molecule has 2 heterocycles. The Bertz CT molecular complexity index is 664. The topological polar surface area (TPSA) is 53.1 Å². The van der Waals surface area contributed by atoms with Gasteiger partial charge in [0.05, 0.1) is 0 Å². The average Bonchev–Trinajstić information content (AvgIpc) is 3.14. The van der Waals surface area contributed by atoms with Crippen molar-refractivity contribution in [3.05, 3.63) is 35.9 Å². The van der Waals surface area contributed by atoms with E-state index in [2.05, 4.69) is 31.1 Å². The number of benzene rings is 1. The molecule has 0 aromatic heterocycles. The zero-order valence-corrected chi connectivity index (χ0v) is 16.7. The zero-order chi connectivity index (χ0) is 19.4. The van der Waals surface area contributed by atoms with Gasteiger partial charge in [0.1, 0.15) is 6.61 Å². The Kier molecular flexibility index (Phi) is 6.17. The normalized spacial score (nSPS) is 24.5. The van der Waals surface area contributed by atoms with Crippen LogP contribution in [0.5, 0.6) is 0 Å². The van der Waals surface area contributed by atoms with E-state index in [1.165, 1.54) is 5.56 Å². The van der Waals surface area contributed by atoms with Crippen molar-refractivity contribution < 1.29 is 14.3 Å². The number of rotatable bonds is 7. The first kappa shape index (κ1) is 19.8. The summed E-state index contributed by atoms with van der Waals surface area (Å²) in [6.07, 6.45) is 1.32. The van der Waals surface area contributed by atoms with Gasteiger partial charge in [-0.15, -0.1) is 0 Å². The summed E-state index contributed by atoms with van der Waals surface area (Å²) in [7, 11) is 5.67. The number of hydrogen-bond acceptors (Lipinski definition) is 4. The molecule has 0 unspecified atom stereocenters. The van der Waals surface area contributed by atoms with Gasteiger partial charge >= 0.3 is 0 Å². The maximum atomic E-state index is 12.8. The van der Waals surface area contributed by atoms with E-state index in [0.29, 0.717) is 18.9 Å². The van der Waals surface area contributed by atoms with E-state index < -0.39 is 0 Å². The van der Waals surface area contributed by atoms with Crippen LogP contribution in [0.2, 0.25) is 0 Å². The number of likely N-dealkylation sites (tertiary alicyclic amines) is 2. The van der Waals surface area contributed by atoms with Gasteiger partial charge in [-0.05, 0) is 26.1 Å². The highest BCUT2D eigenvalue weighted by molar-refractivity contribution is 5.79. The molecule has 0 aliphatic carbocycles. The summed E-state index contributed by atoms with van der Waals surface area (Å²) < 4.78 is 5.02. The van der Waals surface area contributed by atoms with Crippen molar-refractivity contribution in [1.82, 2.24) is 14.7 Å². The second-order valence-electron chi connectivity index (χ2n) is 8.26. The minimum Gasteiger partial charge on any atom is -0.375 e. The Hall–Kier alpha value is -1.92. The molecule has 2 saturated heterocycles. The number of ether oxygens (including phenoxy) is 1. The van der Waals surface area contributed by atoms with Gasteiger partial charge < -0.3 is 19.4 Å². The molecular formula is C21H31N3O3. The minimum atomic E-state index is -0.0324. The maximum absolute atomic E-state index is 12.8. The molecule has 2 atom stereocenters. The third-order valence-electron chi connectivity index (χ3n) is 5.83. The maximum Gasteiger partial charge on any atom is 0.248 e. The lowest BCUT2D eigenvalue weighted by molar-refractivity contribution is -0.135. The summed E-state index contributed by atoms with van der Waals surface area (Å²) in [5, 5.41) is 0. The monoisotopic (exact) mass is 373 g/mol. The smallest absolute Gasteiger partial charge is 0.248 e. The second-order valence-corrected chi connectivity index (χ2v) is 8.26. The van der Waals surface area contributed by atoms with Gasteiger partial charge in [-0.3, -0.25) is 9.59 Å². The first-order valence-corrected chi connectivity index (χ1v) is 9.67. The molecule has 0 radical (unpaired) electrons. The predicted molar refractivity (Wildman–Crippen MR) is 104 cm³/mol. The van der Waals surface area contributed by atoms with Crippen LogP contribution in [0.15, 0.2) is 30.3 Å². The first-order valence-electron chi connectivity index (χ1n) is 9.67. The summed E-state index contributed by atoms with van der Waals surface area (Å²) in [4.78, 5) is 31.2. The van der Waals surface area contributed by atoms with Gasteiger partial charge in [0.25, 0.3) is 0 Å². The summed E-state index contributed by atoms with van der Waals surface area (Å²) in [6.45, 7) is 3.93. The van der Waals surface area contributed by atoms with Crippen LogP contribution in [-0.4, -0.2) is 87.0 Å². The highest BCUT2D eigenvalue weighted by Crippen LogP contribution is 2.43. The summed E-state index contributed by atoms with van der Waals surface area (Å²) in [6, 6.07) is 10.2. The number of carbonyl (C=O) groups excluding carboxylic acids is 2. The van der Waals surface area contributed by atoms with Gasteiger partial charge in [-0.2, -0.15) is 0 Å². The Balaban J connectivity index is 1.63. The molecule has 2 amide bonds. The number of aryl methyl sites for hydroxylation is 1. The Morgan fingerprint density at radius 3 is 2.33 bits per heavy atom. The predicted octanol–water partition coefficient (Wildman–Crippen LogP) is 1.11.